The first kappa shape index (κ1) is 16.6. The number of aliphatic hydroxyl groups is 2. The highest BCUT2D eigenvalue weighted by molar-refractivity contribution is 7.99. The van der Waals surface area contributed by atoms with Crippen LogP contribution < -0.4 is 0 Å². The molecule has 0 saturated heterocycles. The number of thioether (sulfide) groups is 1. The average molecular weight is 349 g/mol. The summed E-state index contributed by atoms with van der Waals surface area (Å²) in [6.45, 7) is 1.62. The summed E-state index contributed by atoms with van der Waals surface area (Å²) >= 11 is 13.2. The van der Waals surface area contributed by atoms with Gasteiger partial charge in [0.25, 0.3) is 0 Å². The number of rotatable bonds is 6. The fourth-order valence-corrected chi connectivity index (χ4v) is 2.68. The van der Waals surface area contributed by atoms with Crippen molar-refractivity contribution in [3.63, 3.8) is 0 Å². The zero-order valence-electron chi connectivity index (χ0n) is 11.2. The first-order chi connectivity index (χ1) is 10.0. The van der Waals surface area contributed by atoms with Crippen LogP contribution in [-0.4, -0.2) is 38.9 Å². The Bertz CT molecular complexity index is 609. The molecule has 1 aromatic carbocycles. The SMILES string of the molecule is C[C@H](SC[C@H](O)CO)c1nnc(-c2ccc(Cl)c(Cl)c2)o1. The Balaban J connectivity index is 2.08. The van der Waals surface area contributed by atoms with Crippen molar-refractivity contribution < 1.29 is 14.6 Å². The predicted molar refractivity (Wildman–Crippen MR) is 83.7 cm³/mol. The van der Waals surface area contributed by atoms with Gasteiger partial charge in [-0.15, -0.1) is 22.0 Å². The van der Waals surface area contributed by atoms with E-state index in [9.17, 15) is 5.11 Å². The third kappa shape index (κ3) is 4.34. The van der Waals surface area contributed by atoms with Crippen molar-refractivity contribution in [1.29, 1.82) is 0 Å². The van der Waals surface area contributed by atoms with Gasteiger partial charge >= 0.3 is 0 Å². The Kier molecular flexibility index (Phi) is 5.89. The molecule has 0 aliphatic carbocycles. The number of aromatic nitrogens is 2. The maximum Gasteiger partial charge on any atom is 0.247 e. The van der Waals surface area contributed by atoms with E-state index in [1.807, 2.05) is 6.92 Å². The summed E-state index contributed by atoms with van der Waals surface area (Å²) in [6, 6.07) is 5.08. The van der Waals surface area contributed by atoms with Crippen molar-refractivity contribution in [2.75, 3.05) is 12.4 Å². The van der Waals surface area contributed by atoms with Crippen LogP contribution in [0.3, 0.4) is 0 Å². The fourth-order valence-electron chi connectivity index (χ4n) is 1.52. The second-order valence-electron chi connectivity index (χ2n) is 4.39. The van der Waals surface area contributed by atoms with E-state index >= 15 is 0 Å². The molecule has 2 aromatic rings. The van der Waals surface area contributed by atoms with E-state index in [1.165, 1.54) is 11.8 Å². The molecule has 2 atom stereocenters. The van der Waals surface area contributed by atoms with Gasteiger partial charge in [-0.3, -0.25) is 0 Å². The van der Waals surface area contributed by atoms with Crippen molar-refractivity contribution in [2.24, 2.45) is 0 Å². The van der Waals surface area contributed by atoms with Gasteiger partial charge in [0.1, 0.15) is 0 Å². The van der Waals surface area contributed by atoms with Gasteiger partial charge in [0.15, 0.2) is 0 Å². The minimum atomic E-state index is -0.755. The molecule has 0 unspecified atom stereocenters. The van der Waals surface area contributed by atoms with Crippen molar-refractivity contribution in [2.45, 2.75) is 18.3 Å². The van der Waals surface area contributed by atoms with Gasteiger partial charge < -0.3 is 14.6 Å². The van der Waals surface area contributed by atoms with Crippen LogP contribution in [0, 0.1) is 0 Å². The van der Waals surface area contributed by atoms with Gasteiger partial charge in [-0.25, -0.2) is 0 Å². The van der Waals surface area contributed by atoms with Crippen LogP contribution in [0.5, 0.6) is 0 Å². The molecule has 1 aromatic heterocycles. The third-order valence-electron chi connectivity index (χ3n) is 2.70. The molecule has 5 nitrogen and oxygen atoms in total. The molecule has 114 valence electrons. The topological polar surface area (TPSA) is 79.4 Å². The standard InChI is InChI=1S/C13H14Cl2N2O3S/c1-7(21-6-9(19)5-18)12-16-17-13(20-12)8-2-3-10(14)11(15)4-8/h2-4,7,9,18-19H,5-6H2,1H3/t7-,9+/m0/s1. The Morgan fingerprint density at radius 1 is 1.29 bits per heavy atom. The molecular formula is C13H14Cl2N2O3S. The van der Waals surface area contributed by atoms with Crippen molar-refractivity contribution in [1.82, 2.24) is 10.2 Å². The molecule has 0 aliphatic heterocycles. The van der Waals surface area contributed by atoms with Crippen LogP contribution in [0.2, 0.25) is 10.0 Å². The van der Waals surface area contributed by atoms with Gasteiger partial charge in [-0.05, 0) is 25.1 Å². The summed E-state index contributed by atoms with van der Waals surface area (Å²) in [6.07, 6.45) is -0.755. The zero-order chi connectivity index (χ0) is 15.4. The number of aliphatic hydroxyl groups excluding tert-OH is 2. The van der Waals surface area contributed by atoms with E-state index in [0.29, 0.717) is 33.1 Å². The zero-order valence-corrected chi connectivity index (χ0v) is 13.5. The molecule has 0 aliphatic rings. The largest absolute Gasteiger partial charge is 0.420 e. The van der Waals surface area contributed by atoms with Gasteiger partial charge in [-0.1, -0.05) is 23.2 Å². The molecule has 0 amide bonds. The van der Waals surface area contributed by atoms with Crippen LogP contribution in [-0.2, 0) is 0 Å². The molecule has 8 heteroatoms. The highest BCUT2D eigenvalue weighted by atomic mass is 35.5. The third-order valence-corrected chi connectivity index (χ3v) is 4.72. The summed E-state index contributed by atoms with van der Waals surface area (Å²) in [5, 5.41) is 26.9. The lowest BCUT2D eigenvalue weighted by atomic mass is 10.2. The molecule has 1 heterocycles. The van der Waals surface area contributed by atoms with E-state index < -0.39 is 6.10 Å². The van der Waals surface area contributed by atoms with Crippen LogP contribution in [0.25, 0.3) is 11.5 Å². The number of benzene rings is 1. The lowest BCUT2D eigenvalue weighted by Crippen LogP contribution is -2.15. The maximum atomic E-state index is 9.33. The minimum absolute atomic E-state index is 0.0878. The maximum absolute atomic E-state index is 9.33. The summed E-state index contributed by atoms with van der Waals surface area (Å²) in [7, 11) is 0. The van der Waals surface area contributed by atoms with Crippen LogP contribution >= 0.6 is 35.0 Å². The van der Waals surface area contributed by atoms with E-state index in [2.05, 4.69) is 10.2 Å². The van der Waals surface area contributed by atoms with Crippen LogP contribution in [0.15, 0.2) is 22.6 Å². The lowest BCUT2D eigenvalue weighted by Gasteiger charge is -2.09. The average Bonchev–Trinajstić information content (AvgIpc) is 2.97. The van der Waals surface area contributed by atoms with Gasteiger partial charge in [0.05, 0.1) is 28.0 Å². The Hall–Kier alpha value is -0.790. The van der Waals surface area contributed by atoms with Crippen molar-refractivity contribution in [3.8, 4) is 11.5 Å². The molecule has 0 saturated carbocycles. The Labute approximate surface area is 136 Å². The van der Waals surface area contributed by atoms with Crippen LogP contribution in [0.4, 0.5) is 0 Å². The number of halogens is 2. The van der Waals surface area contributed by atoms with E-state index in [1.54, 1.807) is 18.2 Å². The van der Waals surface area contributed by atoms with Gasteiger partial charge in [-0.2, -0.15) is 0 Å². The number of hydrogen-bond donors (Lipinski definition) is 2. The molecule has 0 fully saturated rings. The minimum Gasteiger partial charge on any atom is -0.420 e. The molecular weight excluding hydrogens is 335 g/mol. The fraction of sp³-hybridized carbons (Fsp3) is 0.385. The van der Waals surface area contributed by atoms with Crippen LogP contribution in [0.1, 0.15) is 18.1 Å². The monoisotopic (exact) mass is 348 g/mol. The second-order valence-corrected chi connectivity index (χ2v) is 6.57. The Morgan fingerprint density at radius 3 is 2.71 bits per heavy atom. The normalized spacial score (nSPS) is 14.1. The summed E-state index contributed by atoms with van der Waals surface area (Å²) < 4.78 is 5.60. The highest BCUT2D eigenvalue weighted by Gasteiger charge is 2.17. The lowest BCUT2D eigenvalue weighted by molar-refractivity contribution is 0.113. The smallest absolute Gasteiger partial charge is 0.247 e. The number of nitrogens with zero attached hydrogens (tertiary/aromatic N) is 2. The van der Waals surface area contributed by atoms with E-state index in [-0.39, 0.29) is 11.9 Å². The van der Waals surface area contributed by atoms with E-state index in [0.717, 1.165) is 0 Å². The predicted octanol–water partition coefficient (Wildman–Crippen LogP) is 3.19. The quantitative estimate of drug-likeness (QED) is 0.834. The molecule has 2 N–H and O–H groups in total. The van der Waals surface area contributed by atoms with Gasteiger partial charge in [0.2, 0.25) is 11.8 Å². The molecule has 0 spiro atoms. The Morgan fingerprint density at radius 2 is 2.05 bits per heavy atom. The first-order valence-corrected chi connectivity index (χ1v) is 8.01. The van der Waals surface area contributed by atoms with E-state index in [4.69, 9.17) is 32.7 Å². The highest BCUT2D eigenvalue weighted by Crippen LogP contribution is 2.31. The molecule has 21 heavy (non-hydrogen) atoms. The van der Waals surface area contributed by atoms with Crippen molar-refractivity contribution >= 4 is 35.0 Å². The molecule has 0 bridgehead atoms. The number of hydrogen-bond acceptors (Lipinski definition) is 6. The summed E-state index contributed by atoms with van der Waals surface area (Å²) in [5.41, 5.74) is 0.691. The van der Waals surface area contributed by atoms with Gasteiger partial charge in [0, 0.05) is 11.3 Å². The molecule has 0 radical (unpaired) electrons. The summed E-state index contributed by atoms with van der Waals surface area (Å²) in [4.78, 5) is 0. The second kappa shape index (κ2) is 7.47. The van der Waals surface area contributed by atoms with Crippen molar-refractivity contribution in [3.05, 3.63) is 34.1 Å². The first-order valence-electron chi connectivity index (χ1n) is 6.20. The summed E-state index contributed by atoms with van der Waals surface area (Å²) in [5.74, 6) is 1.20. The molecule has 2 rings (SSSR count).